The molecule has 0 saturated heterocycles. The molecule has 146 valence electrons. The van der Waals surface area contributed by atoms with Crippen molar-refractivity contribution >= 4 is 33.0 Å². The van der Waals surface area contributed by atoms with E-state index in [1.807, 2.05) is 18.3 Å². The normalized spacial score (nSPS) is 11.2. The van der Waals surface area contributed by atoms with Crippen LogP contribution in [0.4, 0.5) is 0 Å². The molecule has 3 aromatic heterocycles. The Bertz CT molecular complexity index is 1510. The largest absolute Gasteiger partial charge is 0.256 e. The van der Waals surface area contributed by atoms with Gasteiger partial charge >= 0.3 is 0 Å². The van der Waals surface area contributed by atoms with Crippen LogP contribution >= 0.6 is 11.3 Å². The maximum Gasteiger partial charge on any atom is 0.0816 e. The van der Waals surface area contributed by atoms with Crippen molar-refractivity contribution < 1.29 is 0 Å². The summed E-state index contributed by atoms with van der Waals surface area (Å²) in [5.74, 6) is 0. The number of nitrogens with zero attached hydrogens (tertiary/aromatic N) is 2. The van der Waals surface area contributed by atoms with Gasteiger partial charge in [-0.3, -0.25) is 4.98 Å². The Morgan fingerprint density at radius 2 is 1.42 bits per heavy atom. The second kappa shape index (κ2) is 7.46. The van der Waals surface area contributed by atoms with Crippen LogP contribution in [-0.4, -0.2) is 9.97 Å². The van der Waals surface area contributed by atoms with E-state index >= 15 is 0 Å². The van der Waals surface area contributed by atoms with Crippen LogP contribution in [-0.2, 0) is 0 Å². The first-order valence-electron chi connectivity index (χ1n) is 10.3. The summed E-state index contributed by atoms with van der Waals surface area (Å²) in [6.45, 7) is 0. The molecule has 0 fully saturated rings. The summed E-state index contributed by atoms with van der Waals surface area (Å²) in [6, 6.07) is 33.7. The summed E-state index contributed by atoms with van der Waals surface area (Å²) in [6.07, 6.45) is 1.86. The smallest absolute Gasteiger partial charge is 0.0816 e. The molecule has 0 saturated carbocycles. The molecule has 0 aliphatic carbocycles. The van der Waals surface area contributed by atoms with Crippen molar-refractivity contribution in [1.82, 2.24) is 9.97 Å². The molecule has 31 heavy (non-hydrogen) atoms. The Hall–Kier alpha value is -3.82. The third-order valence-corrected chi connectivity index (χ3v) is 6.51. The highest BCUT2D eigenvalue weighted by Crippen LogP contribution is 2.45. The van der Waals surface area contributed by atoms with E-state index < -0.39 is 0 Å². The minimum absolute atomic E-state index is 0.937. The molecular formula is C28H18N2S. The molecule has 0 unspecified atom stereocenters. The van der Waals surface area contributed by atoms with E-state index in [0.717, 1.165) is 33.4 Å². The molecule has 3 aromatic carbocycles. The number of pyridine rings is 2. The lowest BCUT2D eigenvalue weighted by Crippen LogP contribution is -1.97. The minimum Gasteiger partial charge on any atom is -0.256 e. The van der Waals surface area contributed by atoms with Gasteiger partial charge in [0.05, 0.1) is 16.9 Å². The quantitative estimate of drug-likeness (QED) is 0.295. The van der Waals surface area contributed by atoms with Gasteiger partial charge in [0, 0.05) is 33.2 Å². The average molecular weight is 415 g/mol. The van der Waals surface area contributed by atoms with Crippen molar-refractivity contribution in [2.24, 2.45) is 0 Å². The van der Waals surface area contributed by atoms with Gasteiger partial charge in [0.1, 0.15) is 0 Å². The lowest BCUT2D eigenvalue weighted by atomic mass is 9.91. The van der Waals surface area contributed by atoms with Gasteiger partial charge in [0.15, 0.2) is 0 Å². The second-order valence-corrected chi connectivity index (χ2v) is 8.39. The second-order valence-electron chi connectivity index (χ2n) is 7.45. The van der Waals surface area contributed by atoms with Gasteiger partial charge in [0.2, 0.25) is 0 Å². The van der Waals surface area contributed by atoms with Crippen molar-refractivity contribution in [2.75, 3.05) is 0 Å². The van der Waals surface area contributed by atoms with Gasteiger partial charge in [0.25, 0.3) is 0 Å². The predicted octanol–water partition coefficient (Wildman–Crippen LogP) is 7.85. The highest BCUT2D eigenvalue weighted by atomic mass is 32.1. The van der Waals surface area contributed by atoms with E-state index in [4.69, 9.17) is 9.97 Å². The maximum atomic E-state index is 5.21. The molecule has 0 atom stereocenters. The number of hydrogen-bond acceptors (Lipinski definition) is 3. The lowest BCUT2D eigenvalue weighted by Gasteiger charge is -2.18. The first-order chi connectivity index (χ1) is 15.4. The summed E-state index contributed by atoms with van der Waals surface area (Å²) in [5, 5.41) is 5.68. The summed E-state index contributed by atoms with van der Waals surface area (Å²) in [5.41, 5.74) is 6.31. The zero-order valence-electron chi connectivity index (χ0n) is 16.7. The molecule has 6 rings (SSSR count). The molecule has 0 radical (unpaired) electrons. The van der Waals surface area contributed by atoms with Gasteiger partial charge in [-0.15, -0.1) is 11.3 Å². The van der Waals surface area contributed by atoms with Crippen LogP contribution in [0.3, 0.4) is 0 Å². The molecule has 2 nitrogen and oxygen atoms in total. The Labute approximate surface area is 184 Å². The SMILES string of the molecule is c1ccc(-c2c(-c3cccc4ccccc34)nc3ccccc3c2-c2cccs2)nc1. The summed E-state index contributed by atoms with van der Waals surface area (Å²) in [7, 11) is 0. The van der Waals surface area contributed by atoms with Gasteiger partial charge in [-0.1, -0.05) is 72.8 Å². The van der Waals surface area contributed by atoms with Gasteiger partial charge in [-0.25, -0.2) is 4.98 Å². The zero-order chi connectivity index (χ0) is 20.6. The van der Waals surface area contributed by atoms with Crippen LogP contribution in [0.1, 0.15) is 0 Å². The van der Waals surface area contributed by atoms with Crippen LogP contribution in [0.2, 0.25) is 0 Å². The molecular weight excluding hydrogens is 396 g/mol. The third kappa shape index (κ3) is 3.02. The molecule has 0 amide bonds. The summed E-state index contributed by atoms with van der Waals surface area (Å²) < 4.78 is 0. The number of aromatic nitrogens is 2. The minimum atomic E-state index is 0.937. The molecule has 0 bridgehead atoms. The van der Waals surface area contributed by atoms with E-state index in [1.165, 1.54) is 21.2 Å². The fraction of sp³-hybridized carbons (Fsp3) is 0. The highest BCUT2D eigenvalue weighted by Gasteiger charge is 2.21. The Balaban J connectivity index is 1.82. The maximum absolute atomic E-state index is 5.21. The molecule has 0 aliphatic heterocycles. The van der Waals surface area contributed by atoms with Crippen molar-refractivity contribution in [3.05, 3.63) is 109 Å². The highest BCUT2D eigenvalue weighted by molar-refractivity contribution is 7.13. The van der Waals surface area contributed by atoms with Crippen molar-refractivity contribution in [1.29, 1.82) is 0 Å². The van der Waals surface area contributed by atoms with E-state index in [9.17, 15) is 0 Å². The molecule has 0 aliphatic rings. The number of para-hydroxylation sites is 1. The Kier molecular flexibility index (Phi) is 4.33. The average Bonchev–Trinajstić information content (AvgIpc) is 3.38. The first kappa shape index (κ1) is 18.0. The predicted molar refractivity (Wildman–Crippen MR) is 131 cm³/mol. The number of benzene rings is 3. The van der Waals surface area contributed by atoms with Crippen LogP contribution < -0.4 is 0 Å². The van der Waals surface area contributed by atoms with E-state index in [0.29, 0.717) is 0 Å². The van der Waals surface area contributed by atoms with Gasteiger partial charge < -0.3 is 0 Å². The van der Waals surface area contributed by atoms with Crippen molar-refractivity contribution in [3.8, 4) is 33.0 Å². The Morgan fingerprint density at radius 3 is 2.26 bits per heavy atom. The summed E-state index contributed by atoms with van der Waals surface area (Å²) in [4.78, 5) is 11.2. The van der Waals surface area contributed by atoms with E-state index in [2.05, 4.69) is 90.3 Å². The van der Waals surface area contributed by atoms with Crippen molar-refractivity contribution in [3.63, 3.8) is 0 Å². The molecule has 3 heterocycles. The number of hydrogen-bond donors (Lipinski definition) is 0. The fourth-order valence-electron chi connectivity index (χ4n) is 4.28. The van der Waals surface area contributed by atoms with Gasteiger partial charge in [-0.2, -0.15) is 0 Å². The molecule has 0 spiro atoms. The zero-order valence-corrected chi connectivity index (χ0v) is 17.5. The fourth-order valence-corrected chi connectivity index (χ4v) is 5.07. The first-order valence-corrected chi connectivity index (χ1v) is 11.1. The van der Waals surface area contributed by atoms with E-state index in [-0.39, 0.29) is 0 Å². The monoisotopic (exact) mass is 414 g/mol. The standard InChI is InChI=1S/C28H18N2S/c1-2-11-20-19(9-1)10-7-13-21(20)28-27(24-15-5-6-17-29-24)26(25-16-8-18-31-25)22-12-3-4-14-23(22)30-28/h1-18H. The van der Waals surface area contributed by atoms with Crippen LogP contribution in [0, 0.1) is 0 Å². The Morgan fingerprint density at radius 1 is 0.613 bits per heavy atom. The van der Waals surface area contributed by atoms with E-state index in [1.54, 1.807) is 11.3 Å². The molecule has 3 heteroatoms. The van der Waals surface area contributed by atoms with Crippen LogP contribution in [0.15, 0.2) is 109 Å². The van der Waals surface area contributed by atoms with Crippen molar-refractivity contribution in [2.45, 2.75) is 0 Å². The number of fused-ring (bicyclic) bond motifs is 2. The summed E-state index contributed by atoms with van der Waals surface area (Å²) >= 11 is 1.75. The number of thiophene rings is 1. The number of rotatable bonds is 3. The van der Waals surface area contributed by atoms with Gasteiger partial charge in [-0.05, 0) is 40.4 Å². The molecule has 6 aromatic rings. The molecule has 0 N–H and O–H groups in total. The topological polar surface area (TPSA) is 25.8 Å². The van der Waals surface area contributed by atoms with Crippen LogP contribution in [0.5, 0.6) is 0 Å². The lowest BCUT2D eigenvalue weighted by molar-refractivity contribution is 1.31. The van der Waals surface area contributed by atoms with Crippen LogP contribution in [0.25, 0.3) is 54.6 Å². The third-order valence-electron chi connectivity index (χ3n) is 5.63.